The Kier molecular flexibility index (Phi) is 5.10. The normalized spacial score (nSPS) is 11.5. The molecule has 1 heterocycles. The van der Waals surface area contributed by atoms with Crippen molar-refractivity contribution in [2.75, 3.05) is 7.11 Å². The van der Waals surface area contributed by atoms with Crippen LogP contribution in [0.2, 0.25) is 0 Å². The SMILES string of the molecule is COc1ccc(Br)cc1CSc1nccc(C(F)(F)F)n1. The number of thioether (sulfide) groups is 1. The van der Waals surface area contributed by atoms with E-state index in [1.807, 2.05) is 12.1 Å². The standard InChI is InChI=1S/C13H10BrF3N2OS/c1-20-10-3-2-9(14)6-8(10)7-21-12-18-5-4-11(19-12)13(15,16)17/h2-6H,7H2,1H3. The maximum absolute atomic E-state index is 12.6. The van der Waals surface area contributed by atoms with E-state index in [1.54, 1.807) is 6.07 Å². The number of methoxy groups -OCH3 is 1. The number of nitrogens with zero attached hydrogens (tertiary/aromatic N) is 2. The lowest BCUT2D eigenvalue weighted by Crippen LogP contribution is -2.08. The molecule has 112 valence electrons. The summed E-state index contributed by atoms with van der Waals surface area (Å²) in [6, 6.07) is 6.31. The fraction of sp³-hybridized carbons (Fsp3) is 0.231. The maximum Gasteiger partial charge on any atom is 0.433 e. The molecule has 0 aliphatic carbocycles. The molecule has 0 radical (unpaired) electrons. The van der Waals surface area contributed by atoms with E-state index in [0.717, 1.165) is 34.1 Å². The molecule has 0 unspecified atom stereocenters. The van der Waals surface area contributed by atoms with Gasteiger partial charge >= 0.3 is 6.18 Å². The second-order valence-electron chi connectivity index (χ2n) is 3.97. The zero-order valence-corrected chi connectivity index (χ0v) is 13.2. The lowest BCUT2D eigenvalue weighted by molar-refractivity contribution is -0.141. The number of benzene rings is 1. The van der Waals surface area contributed by atoms with Crippen LogP contribution in [0.1, 0.15) is 11.3 Å². The molecular weight excluding hydrogens is 369 g/mol. The number of alkyl halides is 3. The van der Waals surface area contributed by atoms with E-state index in [4.69, 9.17) is 4.74 Å². The third-order valence-corrected chi connectivity index (χ3v) is 3.93. The molecule has 2 rings (SSSR count). The zero-order chi connectivity index (χ0) is 15.5. The van der Waals surface area contributed by atoms with Crippen LogP contribution in [0.4, 0.5) is 13.2 Å². The minimum Gasteiger partial charge on any atom is -0.496 e. The Balaban J connectivity index is 2.15. The van der Waals surface area contributed by atoms with E-state index < -0.39 is 11.9 Å². The van der Waals surface area contributed by atoms with Crippen LogP contribution in [0, 0.1) is 0 Å². The first-order valence-corrected chi connectivity index (χ1v) is 7.53. The Labute approximate surface area is 132 Å². The molecule has 8 heteroatoms. The summed E-state index contributed by atoms with van der Waals surface area (Å²) in [6.07, 6.45) is -3.36. The van der Waals surface area contributed by atoms with E-state index >= 15 is 0 Å². The van der Waals surface area contributed by atoms with E-state index in [2.05, 4.69) is 25.9 Å². The fourth-order valence-electron chi connectivity index (χ4n) is 1.57. The van der Waals surface area contributed by atoms with Gasteiger partial charge in [0.05, 0.1) is 7.11 Å². The van der Waals surface area contributed by atoms with Crippen molar-refractivity contribution < 1.29 is 17.9 Å². The number of hydrogen-bond acceptors (Lipinski definition) is 4. The van der Waals surface area contributed by atoms with Crippen LogP contribution in [-0.4, -0.2) is 17.1 Å². The molecule has 1 aromatic heterocycles. The van der Waals surface area contributed by atoms with Gasteiger partial charge in [0.2, 0.25) is 0 Å². The quantitative estimate of drug-likeness (QED) is 0.577. The summed E-state index contributed by atoms with van der Waals surface area (Å²) in [7, 11) is 1.54. The molecule has 0 aliphatic rings. The summed E-state index contributed by atoms with van der Waals surface area (Å²) < 4.78 is 43.8. The number of halogens is 4. The Morgan fingerprint density at radius 3 is 2.71 bits per heavy atom. The molecule has 0 saturated carbocycles. The molecule has 0 amide bonds. The molecule has 1 aromatic carbocycles. The predicted octanol–water partition coefficient (Wildman–Crippen LogP) is 4.56. The fourth-order valence-corrected chi connectivity index (χ4v) is 2.79. The van der Waals surface area contributed by atoms with Gasteiger partial charge in [-0.05, 0) is 24.3 Å². The van der Waals surface area contributed by atoms with Crippen LogP contribution >= 0.6 is 27.7 Å². The van der Waals surface area contributed by atoms with Crippen molar-refractivity contribution in [3.8, 4) is 5.75 Å². The number of rotatable bonds is 4. The third-order valence-electron chi connectivity index (χ3n) is 2.52. The summed E-state index contributed by atoms with van der Waals surface area (Å²) in [5, 5.41) is 0.0758. The average molecular weight is 379 g/mol. The molecule has 0 aliphatic heterocycles. The van der Waals surface area contributed by atoms with Gasteiger partial charge in [-0.1, -0.05) is 27.7 Å². The Morgan fingerprint density at radius 1 is 1.29 bits per heavy atom. The van der Waals surface area contributed by atoms with Gasteiger partial charge in [0, 0.05) is 22.0 Å². The van der Waals surface area contributed by atoms with Gasteiger partial charge in [-0.2, -0.15) is 13.2 Å². The molecule has 0 spiro atoms. The minimum atomic E-state index is -4.47. The molecule has 0 N–H and O–H groups in total. The summed E-state index contributed by atoms with van der Waals surface area (Å²) in [4.78, 5) is 7.36. The number of aromatic nitrogens is 2. The Bertz CT molecular complexity index is 637. The van der Waals surface area contributed by atoms with Crippen LogP contribution in [-0.2, 0) is 11.9 Å². The minimum absolute atomic E-state index is 0.0758. The van der Waals surface area contributed by atoms with E-state index in [0.29, 0.717) is 11.5 Å². The van der Waals surface area contributed by atoms with Gasteiger partial charge < -0.3 is 4.74 Å². The van der Waals surface area contributed by atoms with Gasteiger partial charge in [-0.15, -0.1) is 0 Å². The van der Waals surface area contributed by atoms with Gasteiger partial charge in [0.25, 0.3) is 0 Å². The Morgan fingerprint density at radius 2 is 2.05 bits per heavy atom. The monoisotopic (exact) mass is 378 g/mol. The van der Waals surface area contributed by atoms with E-state index in [9.17, 15) is 13.2 Å². The van der Waals surface area contributed by atoms with Crippen LogP contribution in [0.25, 0.3) is 0 Å². The summed E-state index contributed by atoms with van der Waals surface area (Å²) in [6.45, 7) is 0. The van der Waals surface area contributed by atoms with Crippen molar-refractivity contribution in [1.82, 2.24) is 9.97 Å². The van der Waals surface area contributed by atoms with E-state index in [-0.39, 0.29) is 5.16 Å². The molecule has 0 bridgehead atoms. The second kappa shape index (κ2) is 6.65. The molecule has 0 saturated heterocycles. The molecule has 21 heavy (non-hydrogen) atoms. The largest absolute Gasteiger partial charge is 0.496 e. The van der Waals surface area contributed by atoms with Gasteiger partial charge in [-0.3, -0.25) is 0 Å². The highest BCUT2D eigenvalue weighted by molar-refractivity contribution is 9.10. The average Bonchev–Trinajstić information content (AvgIpc) is 2.45. The molecule has 2 aromatic rings. The van der Waals surface area contributed by atoms with Crippen molar-refractivity contribution >= 4 is 27.7 Å². The van der Waals surface area contributed by atoms with Crippen molar-refractivity contribution in [3.63, 3.8) is 0 Å². The van der Waals surface area contributed by atoms with E-state index in [1.165, 1.54) is 7.11 Å². The van der Waals surface area contributed by atoms with Crippen molar-refractivity contribution in [2.24, 2.45) is 0 Å². The highest BCUT2D eigenvalue weighted by Crippen LogP contribution is 2.31. The summed E-state index contributed by atoms with van der Waals surface area (Å²) in [5.41, 5.74) is -0.0981. The smallest absolute Gasteiger partial charge is 0.433 e. The summed E-state index contributed by atoms with van der Waals surface area (Å²) in [5.74, 6) is 1.07. The van der Waals surface area contributed by atoms with Crippen molar-refractivity contribution in [3.05, 3.63) is 46.2 Å². The predicted molar refractivity (Wildman–Crippen MR) is 77.3 cm³/mol. The van der Waals surface area contributed by atoms with Gasteiger partial charge in [-0.25, -0.2) is 9.97 Å². The maximum atomic E-state index is 12.6. The molecule has 0 atom stereocenters. The topological polar surface area (TPSA) is 35.0 Å². The first kappa shape index (κ1) is 16.1. The number of hydrogen-bond donors (Lipinski definition) is 0. The first-order chi connectivity index (χ1) is 9.90. The highest BCUT2D eigenvalue weighted by atomic mass is 79.9. The highest BCUT2D eigenvalue weighted by Gasteiger charge is 2.32. The molecular formula is C13H10BrF3N2OS. The van der Waals surface area contributed by atoms with Crippen molar-refractivity contribution in [1.29, 1.82) is 0 Å². The molecule has 3 nitrogen and oxygen atoms in total. The number of ether oxygens (including phenoxy) is 1. The first-order valence-electron chi connectivity index (χ1n) is 5.75. The molecule has 0 fully saturated rings. The zero-order valence-electron chi connectivity index (χ0n) is 10.8. The lowest BCUT2D eigenvalue weighted by Gasteiger charge is -2.09. The van der Waals surface area contributed by atoms with Crippen LogP contribution in [0.3, 0.4) is 0 Å². The second-order valence-corrected chi connectivity index (χ2v) is 5.83. The lowest BCUT2D eigenvalue weighted by atomic mass is 10.2. The van der Waals surface area contributed by atoms with Crippen LogP contribution < -0.4 is 4.74 Å². The van der Waals surface area contributed by atoms with Crippen LogP contribution in [0.5, 0.6) is 5.75 Å². The van der Waals surface area contributed by atoms with Gasteiger partial charge in [0.15, 0.2) is 5.16 Å². The Hall–Kier alpha value is -1.28. The van der Waals surface area contributed by atoms with Crippen molar-refractivity contribution in [2.45, 2.75) is 17.1 Å². The van der Waals surface area contributed by atoms with Crippen LogP contribution in [0.15, 0.2) is 40.1 Å². The third kappa shape index (κ3) is 4.34. The van der Waals surface area contributed by atoms with Gasteiger partial charge in [0.1, 0.15) is 11.4 Å². The summed E-state index contributed by atoms with van der Waals surface area (Å²) >= 11 is 4.46.